The number of amides is 2. The van der Waals surface area contributed by atoms with E-state index in [0.717, 1.165) is 40.3 Å². The second-order valence-electron chi connectivity index (χ2n) is 6.02. The molecule has 7 nitrogen and oxygen atoms in total. The number of sulfonamides is 1. The van der Waals surface area contributed by atoms with Gasteiger partial charge in [0.05, 0.1) is 17.1 Å². The molecule has 0 bridgehead atoms. The number of carbonyl (C=O) groups excluding carboxylic acids is 2. The van der Waals surface area contributed by atoms with Gasteiger partial charge in [0.25, 0.3) is 5.24 Å². The maximum absolute atomic E-state index is 13.0. The first-order chi connectivity index (χ1) is 13.1. The average Bonchev–Trinajstić information content (AvgIpc) is 2.63. The first kappa shape index (κ1) is 21.9. The molecule has 0 aliphatic rings. The van der Waals surface area contributed by atoms with Crippen LogP contribution in [0.1, 0.15) is 0 Å². The molecule has 150 valence electrons. The fraction of sp³-hybridized carbons (Fsp3) is 0.222. The molecule has 2 aromatic rings. The van der Waals surface area contributed by atoms with Crippen molar-refractivity contribution in [1.82, 2.24) is 9.21 Å². The normalized spacial score (nSPS) is 11.3. The van der Waals surface area contributed by atoms with Crippen LogP contribution in [-0.2, 0) is 14.8 Å². The number of hydrogen-bond donors (Lipinski definition) is 1. The summed E-state index contributed by atoms with van der Waals surface area (Å²) in [4.78, 5) is 26.1. The second kappa shape index (κ2) is 9.18. The van der Waals surface area contributed by atoms with Gasteiger partial charge in [-0.05, 0) is 48.2 Å². The summed E-state index contributed by atoms with van der Waals surface area (Å²) in [6.07, 6.45) is 0. The minimum Gasteiger partial charge on any atom is -0.339 e. The fourth-order valence-corrected chi connectivity index (χ4v) is 3.98. The van der Waals surface area contributed by atoms with Gasteiger partial charge in [-0.25, -0.2) is 12.8 Å². The van der Waals surface area contributed by atoms with E-state index in [2.05, 4.69) is 5.32 Å². The van der Waals surface area contributed by atoms with Gasteiger partial charge in [-0.1, -0.05) is 12.1 Å². The summed E-state index contributed by atoms with van der Waals surface area (Å²) in [6, 6.07) is 11.1. The number of rotatable bonds is 6. The third-order valence-electron chi connectivity index (χ3n) is 3.61. The molecule has 0 saturated carbocycles. The van der Waals surface area contributed by atoms with Crippen molar-refractivity contribution in [2.24, 2.45) is 0 Å². The van der Waals surface area contributed by atoms with E-state index in [1.165, 1.54) is 11.9 Å². The zero-order chi connectivity index (χ0) is 20.9. The highest BCUT2D eigenvalue weighted by Gasteiger charge is 2.23. The average molecular weight is 426 g/mol. The highest BCUT2D eigenvalue weighted by atomic mass is 32.2. The molecule has 0 aromatic heterocycles. The van der Waals surface area contributed by atoms with Gasteiger partial charge in [-0.3, -0.25) is 9.59 Å². The molecule has 0 aliphatic carbocycles. The number of nitrogens with zero attached hydrogens (tertiary/aromatic N) is 2. The van der Waals surface area contributed by atoms with E-state index in [4.69, 9.17) is 0 Å². The Kier molecular flexibility index (Phi) is 7.17. The first-order valence-corrected chi connectivity index (χ1v) is 10.4. The van der Waals surface area contributed by atoms with E-state index in [9.17, 15) is 22.4 Å². The van der Waals surface area contributed by atoms with E-state index < -0.39 is 28.3 Å². The van der Waals surface area contributed by atoms with E-state index in [1.807, 2.05) is 0 Å². The highest BCUT2D eigenvalue weighted by molar-refractivity contribution is 8.13. The molecule has 2 aromatic carbocycles. The third kappa shape index (κ3) is 5.54. The summed E-state index contributed by atoms with van der Waals surface area (Å²) in [6.45, 7) is -0.444. The zero-order valence-electron chi connectivity index (χ0n) is 15.5. The van der Waals surface area contributed by atoms with Crippen LogP contribution in [-0.4, -0.2) is 56.5 Å². The topological polar surface area (TPSA) is 86.8 Å². The van der Waals surface area contributed by atoms with Crippen molar-refractivity contribution < 1.29 is 22.4 Å². The Morgan fingerprint density at radius 1 is 1.04 bits per heavy atom. The summed E-state index contributed by atoms with van der Waals surface area (Å²) in [5, 5.41) is 2.41. The Bertz CT molecular complexity index is 963. The molecule has 28 heavy (non-hydrogen) atoms. The predicted molar refractivity (Wildman–Crippen MR) is 106 cm³/mol. The van der Waals surface area contributed by atoms with Crippen LogP contribution >= 0.6 is 11.8 Å². The number of halogens is 1. The Labute approximate surface area is 167 Å². The quantitative estimate of drug-likeness (QED) is 0.719. The number of anilines is 1. The van der Waals surface area contributed by atoms with Gasteiger partial charge in [0.15, 0.2) is 0 Å². The second-order valence-corrected chi connectivity index (χ2v) is 9.06. The minimum atomic E-state index is -3.94. The number of para-hydroxylation sites is 1. The molecule has 2 rings (SSSR count). The van der Waals surface area contributed by atoms with Crippen molar-refractivity contribution in [2.75, 3.05) is 33.0 Å². The minimum absolute atomic E-state index is 0.114. The van der Waals surface area contributed by atoms with Crippen LogP contribution in [0.4, 0.5) is 14.9 Å². The van der Waals surface area contributed by atoms with E-state index in [-0.39, 0.29) is 10.1 Å². The maximum atomic E-state index is 13.0. The van der Waals surface area contributed by atoms with Crippen LogP contribution in [0.3, 0.4) is 0 Å². The number of thioether (sulfide) groups is 1. The van der Waals surface area contributed by atoms with Crippen molar-refractivity contribution in [1.29, 1.82) is 0 Å². The molecule has 0 saturated heterocycles. The molecule has 0 aliphatic heterocycles. The lowest BCUT2D eigenvalue weighted by atomic mass is 10.3. The van der Waals surface area contributed by atoms with Crippen LogP contribution < -0.4 is 5.32 Å². The van der Waals surface area contributed by atoms with Crippen molar-refractivity contribution in [2.45, 2.75) is 9.79 Å². The summed E-state index contributed by atoms with van der Waals surface area (Å²) in [5.41, 5.74) is 0.403. The summed E-state index contributed by atoms with van der Waals surface area (Å²) in [7, 11) is 0.549. The fourth-order valence-electron chi connectivity index (χ4n) is 2.11. The van der Waals surface area contributed by atoms with Gasteiger partial charge in [0.2, 0.25) is 15.9 Å². The lowest BCUT2D eigenvalue weighted by molar-refractivity contribution is -0.116. The van der Waals surface area contributed by atoms with Gasteiger partial charge in [-0.2, -0.15) is 4.31 Å². The molecule has 0 unspecified atom stereocenters. The van der Waals surface area contributed by atoms with Crippen molar-refractivity contribution in [3.63, 3.8) is 0 Å². The Morgan fingerprint density at radius 3 is 2.25 bits per heavy atom. The van der Waals surface area contributed by atoms with E-state index >= 15 is 0 Å². The van der Waals surface area contributed by atoms with Crippen molar-refractivity contribution in [3.8, 4) is 0 Å². The third-order valence-corrected chi connectivity index (χ3v) is 6.54. The molecule has 1 N–H and O–H groups in total. The van der Waals surface area contributed by atoms with Crippen LogP contribution in [0.25, 0.3) is 0 Å². The molecular formula is C18H20FN3O4S2. The lowest BCUT2D eigenvalue weighted by Crippen LogP contribution is -2.35. The number of likely N-dealkylation sites (N-methyl/N-ethyl adjacent to an activating group) is 1. The standard InChI is InChI=1S/C18H20FN3O4S2/c1-21(2)18(24)27-16-7-5-4-6-15(16)20-17(23)12-22(3)28(25,26)14-10-8-13(19)9-11-14/h4-11H,12H2,1-3H3,(H,20,23). The number of hydrogen-bond acceptors (Lipinski definition) is 5. The van der Waals surface area contributed by atoms with Crippen LogP contribution in [0.2, 0.25) is 0 Å². The Balaban J connectivity index is 2.10. The van der Waals surface area contributed by atoms with Gasteiger partial charge in [0, 0.05) is 26.0 Å². The monoisotopic (exact) mass is 425 g/mol. The molecule has 2 amide bonds. The first-order valence-electron chi connectivity index (χ1n) is 8.11. The Morgan fingerprint density at radius 2 is 1.64 bits per heavy atom. The van der Waals surface area contributed by atoms with E-state index in [0.29, 0.717) is 10.6 Å². The molecule has 10 heteroatoms. The molecular weight excluding hydrogens is 405 g/mol. The molecule has 0 radical (unpaired) electrons. The zero-order valence-corrected chi connectivity index (χ0v) is 17.2. The molecule has 0 spiro atoms. The van der Waals surface area contributed by atoms with Crippen molar-refractivity contribution in [3.05, 3.63) is 54.3 Å². The number of carbonyl (C=O) groups is 2. The van der Waals surface area contributed by atoms with Gasteiger partial charge in [0.1, 0.15) is 5.82 Å². The van der Waals surface area contributed by atoms with Crippen LogP contribution in [0.15, 0.2) is 58.3 Å². The smallest absolute Gasteiger partial charge is 0.286 e. The van der Waals surface area contributed by atoms with Crippen LogP contribution in [0, 0.1) is 5.82 Å². The SMILES string of the molecule is CN(C)C(=O)Sc1ccccc1NC(=O)CN(C)S(=O)(=O)c1ccc(F)cc1. The molecule has 0 fully saturated rings. The highest BCUT2D eigenvalue weighted by Crippen LogP contribution is 2.28. The van der Waals surface area contributed by atoms with Gasteiger partial charge < -0.3 is 10.2 Å². The lowest BCUT2D eigenvalue weighted by Gasteiger charge is -2.18. The largest absolute Gasteiger partial charge is 0.339 e. The number of benzene rings is 2. The van der Waals surface area contributed by atoms with Gasteiger partial charge in [-0.15, -0.1) is 0 Å². The molecule has 0 atom stereocenters. The van der Waals surface area contributed by atoms with Gasteiger partial charge >= 0.3 is 0 Å². The van der Waals surface area contributed by atoms with Crippen molar-refractivity contribution >= 4 is 38.6 Å². The molecule has 0 heterocycles. The van der Waals surface area contributed by atoms with Crippen LogP contribution in [0.5, 0.6) is 0 Å². The van der Waals surface area contributed by atoms with E-state index in [1.54, 1.807) is 38.4 Å². The maximum Gasteiger partial charge on any atom is 0.286 e. The number of nitrogens with one attached hydrogen (secondary N) is 1. The summed E-state index contributed by atoms with van der Waals surface area (Å²) < 4.78 is 38.9. The Hall–Kier alpha value is -2.43. The predicted octanol–water partition coefficient (Wildman–Crippen LogP) is 2.86. The summed E-state index contributed by atoms with van der Waals surface area (Å²) in [5.74, 6) is -1.13. The summed E-state index contributed by atoms with van der Waals surface area (Å²) >= 11 is 0.948.